The van der Waals surface area contributed by atoms with E-state index in [1.54, 1.807) is 0 Å². The van der Waals surface area contributed by atoms with Crippen LogP contribution in [0.5, 0.6) is 0 Å². The van der Waals surface area contributed by atoms with E-state index in [9.17, 15) is 0 Å². The topological polar surface area (TPSA) is 12.0 Å². The second-order valence-corrected chi connectivity index (χ2v) is 6.33. The maximum atomic E-state index is 3.72. The van der Waals surface area contributed by atoms with Crippen molar-refractivity contribution in [2.75, 3.05) is 30.3 Å². The first-order valence-corrected chi connectivity index (χ1v) is 8.17. The van der Waals surface area contributed by atoms with Gasteiger partial charge in [0, 0.05) is 41.2 Å². The van der Waals surface area contributed by atoms with Crippen molar-refractivity contribution in [1.82, 2.24) is 5.32 Å². The van der Waals surface area contributed by atoms with E-state index in [0.717, 1.165) is 18.8 Å². The molecule has 3 heteroatoms. The number of thioether (sulfide) groups is 2. The highest BCUT2D eigenvalue weighted by Gasteiger charge is 2.21. The minimum atomic E-state index is 0.695. The summed E-state index contributed by atoms with van der Waals surface area (Å²) in [5.41, 5.74) is 1.53. The lowest BCUT2D eigenvalue weighted by Crippen LogP contribution is -2.24. The summed E-state index contributed by atoms with van der Waals surface area (Å²) < 4.78 is 0. The van der Waals surface area contributed by atoms with E-state index in [2.05, 4.69) is 36.2 Å². The minimum absolute atomic E-state index is 0.695. The lowest BCUT2D eigenvalue weighted by molar-refractivity contribution is 0.645. The zero-order valence-corrected chi connectivity index (χ0v) is 11.7. The fraction of sp³-hybridized carbons (Fsp3) is 0.429. The Morgan fingerprint density at radius 1 is 1.47 bits per heavy atom. The smallest absolute Gasteiger partial charge is 0.0111 e. The first-order chi connectivity index (χ1) is 8.42. The summed E-state index contributed by atoms with van der Waals surface area (Å²) in [6.07, 6.45) is 1.97. The number of hydrogen-bond acceptors (Lipinski definition) is 3. The van der Waals surface area contributed by atoms with Crippen molar-refractivity contribution in [2.24, 2.45) is 0 Å². The Morgan fingerprint density at radius 2 is 2.35 bits per heavy atom. The lowest BCUT2D eigenvalue weighted by atomic mass is 10.0. The first kappa shape index (κ1) is 13.1. The highest BCUT2D eigenvalue weighted by Crippen LogP contribution is 2.38. The van der Waals surface area contributed by atoms with Crippen LogP contribution >= 0.6 is 23.5 Å². The van der Waals surface area contributed by atoms with Crippen molar-refractivity contribution in [3.63, 3.8) is 0 Å². The van der Waals surface area contributed by atoms with Gasteiger partial charge in [-0.1, -0.05) is 24.3 Å². The molecule has 1 aromatic carbocycles. The second-order valence-electron chi connectivity index (χ2n) is 4.11. The number of hydrogen-bond donors (Lipinski definition) is 1. The van der Waals surface area contributed by atoms with Gasteiger partial charge < -0.3 is 5.32 Å². The van der Waals surface area contributed by atoms with Gasteiger partial charge in [-0.2, -0.15) is 11.8 Å². The molecule has 17 heavy (non-hydrogen) atoms. The molecule has 1 N–H and O–H groups in total. The SMILES string of the molecule is C=CCSCCNCC1CSc2ccccc21. The van der Waals surface area contributed by atoms with E-state index in [1.165, 1.54) is 22.0 Å². The summed E-state index contributed by atoms with van der Waals surface area (Å²) in [6, 6.07) is 8.79. The Balaban J connectivity index is 1.69. The van der Waals surface area contributed by atoms with Gasteiger partial charge in [-0.25, -0.2) is 0 Å². The predicted molar refractivity (Wildman–Crippen MR) is 80.3 cm³/mol. The molecule has 0 bridgehead atoms. The zero-order chi connectivity index (χ0) is 11.9. The molecule has 1 heterocycles. The Kier molecular flexibility index (Phi) is 5.49. The van der Waals surface area contributed by atoms with Crippen molar-refractivity contribution < 1.29 is 0 Å². The summed E-state index contributed by atoms with van der Waals surface area (Å²) in [5, 5.41) is 3.56. The molecule has 1 aromatic rings. The molecule has 2 rings (SSSR count). The van der Waals surface area contributed by atoms with Crippen molar-refractivity contribution in [3.8, 4) is 0 Å². The van der Waals surface area contributed by atoms with Crippen molar-refractivity contribution >= 4 is 23.5 Å². The summed E-state index contributed by atoms with van der Waals surface area (Å²) >= 11 is 3.93. The highest BCUT2D eigenvalue weighted by molar-refractivity contribution is 7.99. The van der Waals surface area contributed by atoms with Gasteiger partial charge in [0.1, 0.15) is 0 Å². The molecule has 0 saturated heterocycles. The molecule has 1 aliphatic heterocycles. The number of fused-ring (bicyclic) bond motifs is 1. The van der Waals surface area contributed by atoms with E-state index in [-0.39, 0.29) is 0 Å². The largest absolute Gasteiger partial charge is 0.315 e. The van der Waals surface area contributed by atoms with Crippen LogP contribution in [0.2, 0.25) is 0 Å². The third kappa shape index (κ3) is 3.80. The molecular weight excluding hydrogens is 246 g/mol. The van der Waals surface area contributed by atoms with Gasteiger partial charge in [0.05, 0.1) is 0 Å². The highest BCUT2D eigenvalue weighted by atomic mass is 32.2. The third-order valence-corrected chi connectivity index (χ3v) is 5.06. The van der Waals surface area contributed by atoms with Crippen LogP contribution in [0.1, 0.15) is 11.5 Å². The van der Waals surface area contributed by atoms with E-state index < -0.39 is 0 Å². The maximum absolute atomic E-state index is 3.72. The van der Waals surface area contributed by atoms with Crippen LogP contribution in [0.25, 0.3) is 0 Å². The van der Waals surface area contributed by atoms with Gasteiger partial charge in [-0.15, -0.1) is 18.3 Å². The van der Waals surface area contributed by atoms with Crippen LogP contribution < -0.4 is 5.32 Å². The van der Waals surface area contributed by atoms with Crippen LogP contribution in [0.4, 0.5) is 0 Å². The van der Waals surface area contributed by atoms with Gasteiger partial charge in [0.2, 0.25) is 0 Å². The lowest BCUT2D eigenvalue weighted by Gasteiger charge is -2.11. The summed E-state index contributed by atoms with van der Waals surface area (Å²) in [5.74, 6) is 4.16. The minimum Gasteiger partial charge on any atom is -0.315 e. The molecule has 0 amide bonds. The Labute approximate surface area is 112 Å². The van der Waals surface area contributed by atoms with Crippen molar-refractivity contribution in [1.29, 1.82) is 0 Å². The van der Waals surface area contributed by atoms with Crippen LogP contribution in [0.15, 0.2) is 41.8 Å². The molecule has 0 aliphatic carbocycles. The van der Waals surface area contributed by atoms with E-state index in [1.807, 2.05) is 29.6 Å². The normalized spacial score (nSPS) is 18.0. The maximum Gasteiger partial charge on any atom is 0.0111 e. The molecule has 92 valence electrons. The van der Waals surface area contributed by atoms with Crippen molar-refractivity contribution in [2.45, 2.75) is 10.8 Å². The van der Waals surface area contributed by atoms with Gasteiger partial charge in [0.25, 0.3) is 0 Å². The molecular formula is C14H19NS2. The molecule has 0 fully saturated rings. The average Bonchev–Trinajstić information content (AvgIpc) is 2.77. The van der Waals surface area contributed by atoms with Gasteiger partial charge in [-0.05, 0) is 11.6 Å². The number of nitrogens with one attached hydrogen (secondary N) is 1. The zero-order valence-electron chi connectivity index (χ0n) is 10.0. The average molecular weight is 265 g/mol. The molecule has 1 atom stereocenters. The second kappa shape index (κ2) is 7.14. The molecule has 0 radical (unpaired) electrons. The van der Waals surface area contributed by atoms with Gasteiger partial charge in [-0.3, -0.25) is 0 Å². The standard InChI is InChI=1S/C14H19NS2/c1-2-8-16-9-7-15-10-12-11-17-14-6-4-3-5-13(12)14/h2-6,12,15H,1,7-11H2. The molecule has 1 aliphatic rings. The summed E-state index contributed by atoms with van der Waals surface area (Å²) in [7, 11) is 0. The van der Waals surface area contributed by atoms with E-state index >= 15 is 0 Å². The fourth-order valence-corrected chi connectivity index (χ4v) is 3.86. The molecule has 1 unspecified atom stereocenters. The predicted octanol–water partition coefficient (Wildman–Crippen LogP) is 3.38. The first-order valence-electron chi connectivity index (χ1n) is 6.03. The summed E-state index contributed by atoms with van der Waals surface area (Å²) in [6.45, 7) is 5.93. The fourth-order valence-electron chi connectivity index (χ4n) is 1.99. The molecule has 0 spiro atoms. The molecule has 0 aromatic heterocycles. The third-order valence-electron chi connectivity index (χ3n) is 2.85. The monoisotopic (exact) mass is 265 g/mol. The summed E-state index contributed by atoms with van der Waals surface area (Å²) in [4.78, 5) is 1.47. The molecule has 1 nitrogen and oxygen atoms in total. The van der Waals surface area contributed by atoms with E-state index in [4.69, 9.17) is 0 Å². The Bertz CT molecular complexity index is 365. The van der Waals surface area contributed by atoms with Gasteiger partial charge in [0.15, 0.2) is 0 Å². The van der Waals surface area contributed by atoms with Crippen LogP contribution in [-0.4, -0.2) is 30.3 Å². The van der Waals surface area contributed by atoms with Crippen LogP contribution in [0, 0.1) is 0 Å². The van der Waals surface area contributed by atoms with Crippen LogP contribution in [-0.2, 0) is 0 Å². The number of benzene rings is 1. The quantitative estimate of drug-likeness (QED) is 0.599. The number of rotatable bonds is 7. The molecule has 0 saturated carbocycles. The Morgan fingerprint density at radius 3 is 3.24 bits per heavy atom. The Hall–Kier alpha value is -0.380. The van der Waals surface area contributed by atoms with Gasteiger partial charge >= 0.3 is 0 Å². The van der Waals surface area contributed by atoms with E-state index in [0.29, 0.717) is 5.92 Å². The van der Waals surface area contributed by atoms with Crippen LogP contribution in [0.3, 0.4) is 0 Å². The van der Waals surface area contributed by atoms with Crippen molar-refractivity contribution in [3.05, 3.63) is 42.5 Å².